The third-order valence-corrected chi connectivity index (χ3v) is 5.90. The van der Waals surface area contributed by atoms with Crippen LogP contribution < -0.4 is 19.1 Å². The Morgan fingerprint density at radius 1 is 1.03 bits per heavy atom. The Morgan fingerprint density at radius 3 is 2.34 bits per heavy atom. The molecular formula is C25H28N2O5. The highest BCUT2D eigenvalue weighted by Crippen LogP contribution is 2.47. The van der Waals surface area contributed by atoms with E-state index < -0.39 is 5.97 Å². The average molecular weight is 437 g/mol. The predicted molar refractivity (Wildman–Crippen MR) is 124 cm³/mol. The molecule has 0 saturated heterocycles. The van der Waals surface area contributed by atoms with Crippen LogP contribution >= 0.6 is 0 Å². The maximum Gasteiger partial charge on any atom is 0.342 e. The number of ether oxygens (including phenoxy) is 4. The van der Waals surface area contributed by atoms with Gasteiger partial charge in [0.1, 0.15) is 23.7 Å². The first kappa shape index (κ1) is 21.7. The molecule has 0 radical (unpaired) electrons. The van der Waals surface area contributed by atoms with E-state index in [-0.39, 0.29) is 6.61 Å². The number of carbonyl (C=O) groups is 1. The van der Waals surface area contributed by atoms with Gasteiger partial charge in [0.25, 0.3) is 0 Å². The summed E-state index contributed by atoms with van der Waals surface area (Å²) in [6.45, 7) is 3.30. The zero-order valence-electron chi connectivity index (χ0n) is 19.2. The maximum atomic E-state index is 12.6. The van der Waals surface area contributed by atoms with Gasteiger partial charge in [0.15, 0.2) is 11.5 Å². The van der Waals surface area contributed by atoms with Crippen LogP contribution in [-0.4, -0.2) is 45.9 Å². The highest BCUT2D eigenvalue weighted by molar-refractivity contribution is 6.12. The predicted octanol–water partition coefficient (Wildman–Crippen LogP) is 4.83. The van der Waals surface area contributed by atoms with Gasteiger partial charge in [0, 0.05) is 36.3 Å². The first-order valence-corrected chi connectivity index (χ1v) is 10.7. The minimum atomic E-state index is -0.390. The van der Waals surface area contributed by atoms with Crippen LogP contribution in [0.4, 0.5) is 5.82 Å². The molecule has 3 aromatic rings. The third-order valence-electron chi connectivity index (χ3n) is 5.90. The normalized spacial score (nSPS) is 12.5. The summed E-state index contributed by atoms with van der Waals surface area (Å²) in [5, 5.41) is 1.63. The second-order valence-electron chi connectivity index (χ2n) is 7.77. The van der Waals surface area contributed by atoms with Crippen LogP contribution in [0.2, 0.25) is 0 Å². The molecule has 1 aliphatic rings. The molecule has 0 saturated carbocycles. The monoisotopic (exact) mass is 436 g/mol. The van der Waals surface area contributed by atoms with Crippen LogP contribution in [0.25, 0.3) is 21.9 Å². The number of esters is 1. The molecule has 1 aromatic heterocycles. The number of hydrogen-bond acceptors (Lipinski definition) is 7. The van der Waals surface area contributed by atoms with Crippen LogP contribution in [-0.2, 0) is 11.3 Å². The summed E-state index contributed by atoms with van der Waals surface area (Å²) >= 11 is 0. The van der Waals surface area contributed by atoms with Crippen molar-refractivity contribution < 1.29 is 23.7 Å². The van der Waals surface area contributed by atoms with Crippen LogP contribution in [0, 0.1) is 0 Å². The maximum absolute atomic E-state index is 12.6. The van der Waals surface area contributed by atoms with Gasteiger partial charge in [-0.3, -0.25) is 0 Å². The van der Waals surface area contributed by atoms with E-state index in [1.807, 2.05) is 37.5 Å². The lowest BCUT2D eigenvalue weighted by molar-refractivity contribution is 0.0533. The summed E-state index contributed by atoms with van der Waals surface area (Å²) in [6, 6.07) is 7.79. The fraction of sp³-hybridized carbons (Fsp3) is 0.360. The van der Waals surface area contributed by atoms with Gasteiger partial charge >= 0.3 is 5.97 Å². The molecule has 2 aromatic carbocycles. The summed E-state index contributed by atoms with van der Waals surface area (Å²) in [5.41, 5.74) is 3.02. The summed E-state index contributed by atoms with van der Waals surface area (Å²) in [4.78, 5) is 19.4. The smallest absolute Gasteiger partial charge is 0.342 e. The number of benzene rings is 2. The van der Waals surface area contributed by atoms with Gasteiger partial charge in [-0.15, -0.1) is 0 Å². The number of hydrogen-bond donors (Lipinski definition) is 0. The van der Waals surface area contributed by atoms with Crippen molar-refractivity contribution in [2.45, 2.75) is 26.4 Å². The van der Waals surface area contributed by atoms with Gasteiger partial charge in [-0.25, -0.2) is 9.78 Å². The zero-order valence-corrected chi connectivity index (χ0v) is 19.2. The fourth-order valence-electron chi connectivity index (χ4n) is 4.21. The van der Waals surface area contributed by atoms with Crippen LogP contribution in [0.15, 0.2) is 30.5 Å². The van der Waals surface area contributed by atoms with Gasteiger partial charge in [-0.1, -0.05) is 13.3 Å². The number of fused-ring (bicyclic) bond motifs is 2. The molecule has 0 N–H and O–H groups in total. The molecular weight excluding hydrogens is 408 g/mol. The van der Waals surface area contributed by atoms with Gasteiger partial charge in [-0.05, 0) is 41.6 Å². The largest absolute Gasteiger partial charge is 0.495 e. The van der Waals surface area contributed by atoms with E-state index in [9.17, 15) is 4.79 Å². The van der Waals surface area contributed by atoms with Crippen molar-refractivity contribution in [3.63, 3.8) is 0 Å². The Bertz CT molecular complexity index is 1160. The van der Waals surface area contributed by atoms with Crippen LogP contribution in [0.5, 0.6) is 17.2 Å². The van der Waals surface area contributed by atoms with E-state index >= 15 is 0 Å². The minimum Gasteiger partial charge on any atom is -0.495 e. The molecule has 168 valence electrons. The quantitative estimate of drug-likeness (QED) is 0.468. The molecule has 0 fully saturated rings. The summed E-state index contributed by atoms with van der Waals surface area (Å²) in [5.74, 6) is 2.15. The van der Waals surface area contributed by atoms with Crippen molar-refractivity contribution in [2.24, 2.45) is 0 Å². The van der Waals surface area contributed by atoms with Crippen molar-refractivity contribution in [3.8, 4) is 28.4 Å². The summed E-state index contributed by atoms with van der Waals surface area (Å²) < 4.78 is 22.1. The van der Waals surface area contributed by atoms with Crippen molar-refractivity contribution in [1.29, 1.82) is 0 Å². The number of aromatic nitrogens is 1. The summed E-state index contributed by atoms with van der Waals surface area (Å²) in [7, 11) is 6.78. The van der Waals surface area contributed by atoms with Gasteiger partial charge < -0.3 is 23.8 Å². The standard InChI is InChI=1S/C25H28N2O5/c1-6-7-10-27(2)21-9-8-15(13-26-21)22-16-11-19(29-3)20(30-4)12-17(16)24(31-5)23-18(22)14-32-25(23)28/h8-9,11-13H,6-7,10,14H2,1-5H3. The SMILES string of the molecule is CCCCN(C)c1ccc(-c2c3c(c(OC)c4cc(OC)c(OC)cc24)C(=O)OC3)cn1. The van der Waals surface area contributed by atoms with Crippen molar-refractivity contribution in [1.82, 2.24) is 4.98 Å². The Morgan fingerprint density at radius 2 is 1.75 bits per heavy atom. The first-order valence-electron chi connectivity index (χ1n) is 10.7. The van der Waals surface area contributed by atoms with E-state index in [0.717, 1.165) is 52.7 Å². The molecule has 7 heteroatoms. The lowest BCUT2D eigenvalue weighted by Gasteiger charge is -2.20. The Kier molecular flexibility index (Phi) is 6.08. The molecule has 0 unspecified atom stereocenters. The highest BCUT2D eigenvalue weighted by Gasteiger charge is 2.32. The van der Waals surface area contributed by atoms with Crippen molar-refractivity contribution in [3.05, 3.63) is 41.6 Å². The number of anilines is 1. The Hall–Kier alpha value is -3.48. The number of carbonyl (C=O) groups excluding carboxylic acids is 1. The molecule has 0 amide bonds. The number of methoxy groups -OCH3 is 3. The van der Waals surface area contributed by atoms with Crippen LogP contribution in [0.3, 0.4) is 0 Å². The van der Waals surface area contributed by atoms with E-state index in [2.05, 4.69) is 11.8 Å². The molecule has 1 aliphatic heterocycles. The number of cyclic esters (lactones) is 1. The lowest BCUT2D eigenvalue weighted by atomic mass is 9.90. The summed E-state index contributed by atoms with van der Waals surface area (Å²) in [6.07, 6.45) is 4.09. The number of rotatable bonds is 8. The molecule has 32 heavy (non-hydrogen) atoms. The first-order chi connectivity index (χ1) is 15.5. The molecule has 4 rings (SSSR count). The lowest BCUT2D eigenvalue weighted by Crippen LogP contribution is -2.19. The highest BCUT2D eigenvalue weighted by atomic mass is 16.5. The number of nitrogens with zero attached hydrogens (tertiary/aromatic N) is 2. The van der Waals surface area contributed by atoms with E-state index in [4.69, 9.17) is 23.9 Å². The second kappa shape index (κ2) is 8.94. The van der Waals surface area contributed by atoms with E-state index in [0.29, 0.717) is 22.8 Å². The zero-order chi connectivity index (χ0) is 22.8. The molecule has 0 aliphatic carbocycles. The van der Waals surface area contributed by atoms with E-state index in [1.165, 1.54) is 0 Å². The topological polar surface area (TPSA) is 70.1 Å². The average Bonchev–Trinajstić information content (AvgIpc) is 3.21. The molecule has 0 spiro atoms. The Labute approximate surface area is 187 Å². The second-order valence-corrected chi connectivity index (χ2v) is 7.77. The molecule has 7 nitrogen and oxygen atoms in total. The Balaban J connectivity index is 1.95. The number of pyridine rings is 1. The number of unbranched alkanes of at least 4 members (excludes halogenated alkanes) is 1. The molecule has 2 heterocycles. The van der Waals surface area contributed by atoms with Crippen LogP contribution in [0.1, 0.15) is 35.7 Å². The van der Waals surface area contributed by atoms with Crippen molar-refractivity contribution in [2.75, 3.05) is 39.8 Å². The van der Waals surface area contributed by atoms with Gasteiger partial charge in [0.2, 0.25) is 0 Å². The third kappa shape index (κ3) is 3.57. The fourth-order valence-corrected chi connectivity index (χ4v) is 4.21. The minimum absolute atomic E-state index is 0.183. The van der Waals surface area contributed by atoms with E-state index in [1.54, 1.807) is 21.3 Å². The molecule has 0 bridgehead atoms. The van der Waals surface area contributed by atoms with Gasteiger partial charge in [0.05, 0.1) is 21.3 Å². The van der Waals surface area contributed by atoms with Gasteiger partial charge in [-0.2, -0.15) is 0 Å². The molecule has 0 atom stereocenters. The van der Waals surface area contributed by atoms with Crippen molar-refractivity contribution >= 4 is 22.6 Å².